The minimum Gasteiger partial charge on any atom is -0.452 e. The Kier molecular flexibility index (Phi) is 6.38. The van der Waals surface area contributed by atoms with Crippen molar-refractivity contribution in [3.8, 4) is 0 Å². The third-order valence-corrected chi connectivity index (χ3v) is 4.53. The zero-order valence-electron chi connectivity index (χ0n) is 14.0. The van der Waals surface area contributed by atoms with Crippen LogP contribution in [0.5, 0.6) is 0 Å². The highest BCUT2D eigenvalue weighted by Gasteiger charge is 2.18. The maximum atomic E-state index is 12.2. The number of hydrogen-bond acceptors (Lipinski definition) is 3. The van der Waals surface area contributed by atoms with Crippen molar-refractivity contribution in [3.63, 3.8) is 0 Å². The summed E-state index contributed by atoms with van der Waals surface area (Å²) in [5.41, 5.74) is 2.41. The minimum atomic E-state index is -0.559. The first-order valence-corrected chi connectivity index (χ1v) is 8.66. The van der Waals surface area contributed by atoms with E-state index in [2.05, 4.69) is 5.32 Å². The lowest BCUT2D eigenvalue weighted by molar-refractivity contribution is -0.119. The molecule has 2 aromatic rings. The SMILES string of the molecule is CCn1c(C)cc(C(=O)OCC(=O)Nc2c(Cl)cc(Cl)cc2Cl)c1C. The summed E-state index contributed by atoms with van der Waals surface area (Å²) in [6.07, 6.45) is 0. The summed E-state index contributed by atoms with van der Waals surface area (Å²) >= 11 is 17.8. The van der Waals surface area contributed by atoms with Gasteiger partial charge >= 0.3 is 5.97 Å². The van der Waals surface area contributed by atoms with Gasteiger partial charge in [0.15, 0.2) is 6.61 Å². The van der Waals surface area contributed by atoms with Crippen molar-refractivity contribution in [1.82, 2.24) is 4.57 Å². The number of amides is 1. The first kappa shape index (κ1) is 19.6. The molecule has 0 unspecified atom stereocenters. The summed E-state index contributed by atoms with van der Waals surface area (Å²) in [4.78, 5) is 24.2. The van der Waals surface area contributed by atoms with E-state index in [1.807, 2.05) is 25.3 Å². The van der Waals surface area contributed by atoms with Crippen LogP contribution in [0.1, 0.15) is 28.7 Å². The third-order valence-electron chi connectivity index (χ3n) is 3.72. The third kappa shape index (κ3) is 4.48. The molecule has 1 aromatic carbocycles. The molecule has 0 fully saturated rings. The monoisotopic (exact) mass is 402 g/mol. The summed E-state index contributed by atoms with van der Waals surface area (Å²) in [6.45, 7) is 6.02. The predicted molar refractivity (Wildman–Crippen MR) is 100.0 cm³/mol. The van der Waals surface area contributed by atoms with Crippen molar-refractivity contribution in [2.75, 3.05) is 11.9 Å². The number of halogens is 3. The number of nitrogens with one attached hydrogen (secondary N) is 1. The van der Waals surface area contributed by atoms with Gasteiger partial charge in [0.1, 0.15) is 0 Å². The van der Waals surface area contributed by atoms with Crippen LogP contribution < -0.4 is 5.32 Å². The molecule has 1 heterocycles. The van der Waals surface area contributed by atoms with Gasteiger partial charge in [0.2, 0.25) is 0 Å². The highest BCUT2D eigenvalue weighted by Crippen LogP contribution is 2.33. The second-order valence-corrected chi connectivity index (χ2v) is 6.65. The van der Waals surface area contributed by atoms with Gasteiger partial charge in [-0.1, -0.05) is 34.8 Å². The predicted octanol–water partition coefficient (Wildman–Crippen LogP) is 4.88. The van der Waals surface area contributed by atoms with Crippen LogP contribution in [0, 0.1) is 13.8 Å². The lowest BCUT2D eigenvalue weighted by Gasteiger charge is -2.10. The molecule has 0 saturated carbocycles. The number of rotatable bonds is 5. The average Bonchev–Trinajstić information content (AvgIpc) is 2.82. The number of carbonyl (C=O) groups is 2. The number of carbonyl (C=O) groups excluding carboxylic acids is 2. The van der Waals surface area contributed by atoms with E-state index in [1.165, 1.54) is 12.1 Å². The van der Waals surface area contributed by atoms with Gasteiger partial charge in [0, 0.05) is 23.0 Å². The standard InChI is InChI=1S/C17H17Cl3N2O3/c1-4-22-9(2)5-12(10(22)3)17(24)25-8-15(23)21-16-13(19)6-11(18)7-14(16)20/h5-7H,4,8H2,1-3H3,(H,21,23). The molecule has 1 aromatic heterocycles. The van der Waals surface area contributed by atoms with Gasteiger partial charge in [-0.3, -0.25) is 4.79 Å². The molecule has 0 aliphatic heterocycles. The summed E-state index contributed by atoms with van der Waals surface area (Å²) < 4.78 is 7.07. The molecule has 0 aliphatic carbocycles. The number of aryl methyl sites for hydroxylation is 1. The molecule has 25 heavy (non-hydrogen) atoms. The highest BCUT2D eigenvalue weighted by atomic mass is 35.5. The number of aromatic nitrogens is 1. The van der Waals surface area contributed by atoms with E-state index in [1.54, 1.807) is 6.07 Å². The normalized spacial score (nSPS) is 10.6. The fourth-order valence-corrected chi connectivity index (χ4v) is 3.45. The lowest BCUT2D eigenvalue weighted by Crippen LogP contribution is -2.21. The topological polar surface area (TPSA) is 60.3 Å². The molecule has 2 rings (SSSR count). The number of anilines is 1. The van der Waals surface area contributed by atoms with Crippen LogP contribution in [0.15, 0.2) is 18.2 Å². The molecule has 1 amide bonds. The van der Waals surface area contributed by atoms with Crippen molar-refractivity contribution in [2.24, 2.45) is 0 Å². The maximum absolute atomic E-state index is 12.2. The fraction of sp³-hybridized carbons (Fsp3) is 0.294. The quantitative estimate of drug-likeness (QED) is 0.724. The van der Waals surface area contributed by atoms with Gasteiger partial charge in [-0.25, -0.2) is 4.79 Å². The second-order valence-electron chi connectivity index (χ2n) is 5.40. The zero-order valence-corrected chi connectivity index (χ0v) is 16.2. The summed E-state index contributed by atoms with van der Waals surface area (Å²) in [6, 6.07) is 4.65. The number of hydrogen-bond donors (Lipinski definition) is 1. The Morgan fingerprint density at radius 3 is 2.24 bits per heavy atom. The van der Waals surface area contributed by atoms with Crippen LogP contribution in [-0.4, -0.2) is 23.1 Å². The Balaban J connectivity index is 2.02. The molecule has 0 atom stereocenters. The Morgan fingerprint density at radius 1 is 1.12 bits per heavy atom. The zero-order chi connectivity index (χ0) is 18.7. The van der Waals surface area contributed by atoms with Crippen LogP contribution >= 0.6 is 34.8 Å². The second kappa shape index (κ2) is 8.13. The largest absolute Gasteiger partial charge is 0.452 e. The van der Waals surface area contributed by atoms with Crippen LogP contribution in [0.25, 0.3) is 0 Å². The van der Waals surface area contributed by atoms with E-state index < -0.39 is 18.5 Å². The molecule has 8 heteroatoms. The molecule has 134 valence electrons. The number of ether oxygens (including phenoxy) is 1. The van der Waals surface area contributed by atoms with Crippen molar-refractivity contribution in [2.45, 2.75) is 27.3 Å². The van der Waals surface area contributed by atoms with Crippen molar-refractivity contribution in [3.05, 3.63) is 50.2 Å². The fourth-order valence-electron chi connectivity index (χ4n) is 2.54. The van der Waals surface area contributed by atoms with Crippen molar-refractivity contribution >= 4 is 52.4 Å². The van der Waals surface area contributed by atoms with E-state index in [9.17, 15) is 9.59 Å². The van der Waals surface area contributed by atoms with Crippen LogP contribution in [0.3, 0.4) is 0 Å². The van der Waals surface area contributed by atoms with Crippen LogP contribution in [0.2, 0.25) is 15.1 Å². The van der Waals surface area contributed by atoms with Crippen molar-refractivity contribution in [1.29, 1.82) is 0 Å². The first-order valence-electron chi connectivity index (χ1n) is 7.52. The van der Waals surface area contributed by atoms with Gasteiger partial charge in [0.25, 0.3) is 5.91 Å². The number of benzene rings is 1. The molecule has 0 aliphatic rings. The van der Waals surface area contributed by atoms with Gasteiger partial charge in [-0.05, 0) is 39.0 Å². The van der Waals surface area contributed by atoms with E-state index in [0.29, 0.717) is 10.6 Å². The van der Waals surface area contributed by atoms with Gasteiger partial charge < -0.3 is 14.6 Å². The van der Waals surface area contributed by atoms with Crippen molar-refractivity contribution < 1.29 is 14.3 Å². The summed E-state index contributed by atoms with van der Waals surface area (Å²) in [7, 11) is 0. The Bertz CT molecular complexity index is 808. The van der Waals surface area contributed by atoms with E-state index >= 15 is 0 Å². The molecular weight excluding hydrogens is 387 g/mol. The number of esters is 1. The van der Waals surface area contributed by atoms with E-state index in [4.69, 9.17) is 39.5 Å². The van der Waals surface area contributed by atoms with Crippen LogP contribution in [0.4, 0.5) is 5.69 Å². The molecule has 0 radical (unpaired) electrons. The smallest absolute Gasteiger partial charge is 0.340 e. The molecule has 1 N–H and O–H groups in total. The summed E-state index contributed by atoms with van der Waals surface area (Å²) in [5, 5.41) is 3.26. The Hall–Kier alpha value is -1.69. The van der Waals surface area contributed by atoms with Gasteiger partial charge in [-0.15, -0.1) is 0 Å². The Morgan fingerprint density at radius 2 is 1.72 bits per heavy atom. The number of nitrogens with zero attached hydrogens (tertiary/aromatic N) is 1. The molecular formula is C17H17Cl3N2O3. The molecule has 0 bridgehead atoms. The summed E-state index contributed by atoms with van der Waals surface area (Å²) in [5.74, 6) is -1.11. The maximum Gasteiger partial charge on any atom is 0.340 e. The van der Waals surface area contributed by atoms with Gasteiger partial charge in [0.05, 0.1) is 21.3 Å². The molecule has 0 saturated heterocycles. The first-order chi connectivity index (χ1) is 11.7. The molecule has 0 spiro atoms. The average molecular weight is 404 g/mol. The Labute approximate surface area is 160 Å². The lowest BCUT2D eigenvalue weighted by atomic mass is 10.2. The minimum absolute atomic E-state index is 0.198. The van der Waals surface area contributed by atoms with Crippen LogP contribution in [-0.2, 0) is 16.1 Å². The van der Waals surface area contributed by atoms with E-state index in [0.717, 1.165) is 17.9 Å². The molecule has 5 nitrogen and oxygen atoms in total. The van der Waals surface area contributed by atoms with E-state index in [-0.39, 0.29) is 15.7 Å². The highest BCUT2D eigenvalue weighted by molar-refractivity contribution is 6.42. The van der Waals surface area contributed by atoms with Gasteiger partial charge in [-0.2, -0.15) is 0 Å².